The number of nitrogens with two attached hydrogens (primary N) is 1. The molecular weight excluding hydrogens is 665 g/mol. The predicted molar refractivity (Wildman–Crippen MR) is 172 cm³/mol. The summed E-state index contributed by atoms with van der Waals surface area (Å²) in [6.07, 6.45) is -1.89. The highest BCUT2D eigenvalue weighted by Crippen LogP contribution is 2.52. The number of hydrogen-bond acceptors (Lipinski definition) is 14. The normalized spacial score (nSPS) is 24.9. The van der Waals surface area contributed by atoms with Crippen molar-refractivity contribution in [3.8, 4) is 5.75 Å². The predicted octanol–water partition coefficient (Wildman–Crippen LogP) is 5.10. The monoisotopic (exact) mass is 695 g/mol. The molecular formula is C28H31FN5O7PS3. The van der Waals surface area contributed by atoms with Gasteiger partial charge in [-0.3, -0.25) is 9.09 Å². The summed E-state index contributed by atoms with van der Waals surface area (Å²) < 4.78 is 59.5. The lowest BCUT2D eigenvalue weighted by Crippen LogP contribution is -2.38. The molecule has 2 fully saturated rings. The van der Waals surface area contributed by atoms with Crippen LogP contribution in [-0.2, 0) is 29.9 Å². The maximum atomic E-state index is 14.2. The number of nitrogens with zero attached hydrogens (tertiary/aromatic N) is 4. The van der Waals surface area contributed by atoms with Gasteiger partial charge in [0.25, 0.3) is 0 Å². The van der Waals surface area contributed by atoms with Gasteiger partial charge in [0, 0.05) is 17.9 Å². The standard InChI is InChI=1S/C28H31FN5O7PS3/c29-18-6-8-19(9-7-18)40-42(36,41-23-14-45-44-13-22(23)38-11-17-4-2-1-3-5-17)16-37-12-21-20(35)10-24(39-21)34-15-31-25-26(34)32-28(30)33-27(25)43/h1-9,15,20-24,35H,10-14,16H2,(H3,30,32,33,43)/t20-,21+,22-,23-,24+,42?/m0/s1. The second kappa shape index (κ2) is 14.6. The first-order valence-corrected chi connectivity index (χ1v) is 18.7. The minimum absolute atomic E-state index is 0.0345. The molecule has 0 bridgehead atoms. The Kier molecular flexibility index (Phi) is 10.5. The summed E-state index contributed by atoms with van der Waals surface area (Å²) in [6, 6.07) is 14.9. The van der Waals surface area contributed by atoms with Gasteiger partial charge in [-0.15, -0.1) is 12.6 Å². The van der Waals surface area contributed by atoms with E-state index in [4.69, 9.17) is 29.0 Å². The summed E-state index contributed by atoms with van der Waals surface area (Å²) in [7, 11) is -0.747. The zero-order valence-electron chi connectivity index (χ0n) is 23.8. The first-order chi connectivity index (χ1) is 21.8. The molecule has 6 rings (SSSR count). The molecule has 2 aliphatic rings. The summed E-state index contributed by atoms with van der Waals surface area (Å²) in [6.45, 7) is 0.261. The van der Waals surface area contributed by atoms with Crippen LogP contribution < -0.4 is 10.3 Å². The van der Waals surface area contributed by atoms with Gasteiger partial charge in [-0.05, 0) is 29.8 Å². The van der Waals surface area contributed by atoms with Crippen molar-refractivity contribution in [3.63, 3.8) is 0 Å². The molecule has 4 heterocycles. The van der Waals surface area contributed by atoms with E-state index in [1.807, 2.05) is 30.3 Å². The Balaban J connectivity index is 1.12. The van der Waals surface area contributed by atoms with Gasteiger partial charge in [0.05, 0.1) is 31.7 Å². The van der Waals surface area contributed by atoms with Crippen LogP contribution in [0.5, 0.6) is 5.75 Å². The number of aliphatic hydroxyl groups excluding tert-OH is 1. The molecule has 2 aromatic carbocycles. The first-order valence-electron chi connectivity index (χ1n) is 14.0. The number of ether oxygens (including phenoxy) is 3. The van der Waals surface area contributed by atoms with Crippen molar-refractivity contribution in [2.45, 2.75) is 48.7 Å². The molecule has 0 saturated carbocycles. The van der Waals surface area contributed by atoms with Crippen LogP contribution in [0.1, 0.15) is 18.2 Å². The number of nitrogen functional groups attached to an aromatic ring is 1. The van der Waals surface area contributed by atoms with E-state index in [0.29, 0.717) is 34.3 Å². The summed E-state index contributed by atoms with van der Waals surface area (Å²) >= 11 is 4.31. The molecule has 0 amide bonds. The van der Waals surface area contributed by atoms with E-state index in [1.54, 1.807) is 26.2 Å². The van der Waals surface area contributed by atoms with Crippen LogP contribution in [0.25, 0.3) is 11.2 Å². The van der Waals surface area contributed by atoms with Gasteiger partial charge in [0.15, 0.2) is 12.0 Å². The molecule has 2 saturated heterocycles. The third kappa shape index (κ3) is 8.13. The molecule has 45 heavy (non-hydrogen) atoms. The molecule has 2 aliphatic heterocycles. The van der Waals surface area contributed by atoms with Gasteiger partial charge in [-0.2, -0.15) is 4.98 Å². The number of benzene rings is 2. The average molecular weight is 696 g/mol. The number of aromatic nitrogens is 4. The molecule has 17 heteroatoms. The number of fused-ring (bicyclic) bond motifs is 1. The van der Waals surface area contributed by atoms with Gasteiger partial charge >= 0.3 is 7.60 Å². The van der Waals surface area contributed by atoms with E-state index in [2.05, 4.69) is 27.6 Å². The molecule has 0 spiro atoms. The van der Waals surface area contributed by atoms with Crippen LogP contribution in [0.15, 0.2) is 66.0 Å². The lowest BCUT2D eigenvalue weighted by molar-refractivity contribution is -0.0583. The molecule has 12 nitrogen and oxygen atoms in total. The smallest absolute Gasteiger partial charge is 0.405 e. The lowest BCUT2D eigenvalue weighted by Gasteiger charge is -2.33. The summed E-state index contributed by atoms with van der Waals surface area (Å²) in [5, 5.41) is 11.1. The fourth-order valence-corrected chi connectivity index (χ4v) is 9.21. The van der Waals surface area contributed by atoms with Crippen molar-refractivity contribution < 1.29 is 37.3 Å². The number of hydrogen-bond donors (Lipinski definition) is 3. The van der Waals surface area contributed by atoms with E-state index >= 15 is 0 Å². The Morgan fingerprint density at radius 3 is 2.64 bits per heavy atom. The average Bonchev–Trinajstić information content (AvgIpc) is 3.61. The van der Waals surface area contributed by atoms with Gasteiger partial charge in [-0.25, -0.2) is 18.9 Å². The molecule has 0 aliphatic carbocycles. The minimum atomic E-state index is -3.98. The summed E-state index contributed by atoms with van der Waals surface area (Å²) in [5.41, 5.74) is 7.67. The van der Waals surface area contributed by atoms with Crippen molar-refractivity contribution >= 4 is 58.9 Å². The Labute approximate surface area is 271 Å². The quantitative estimate of drug-likeness (QED) is 0.0781. The molecule has 6 atom stereocenters. The summed E-state index contributed by atoms with van der Waals surface area (Å²) in [4.78, 5) is 12.5. The number of halogens is 1. The zero-order valence-corrected chi connectivity index (χ0v) is 27.2. The molecule has 3 N–H and O–H groups in total. The summed E-state index contributed by atoms with van der Waals surface area (Å²) in [5.74, 6) is 0.867. The highest BCUT2D eigenvalue weighted by atomic mass is 33.1. The number of thiol groups is 1. The number of imidazole rings is 1. The maximum Gasteiger partial charge on any atom is 0.405 e. The van der Waals surface area contributed by atoms with E-state index in [0.717, 1.165) is 5.56 Å². The van der Waals surface area contributed by atoms with E-state index < -0.39 is 44.3 Å². The zero-order chi connectivity index (χ0) is 31.4. The SMILES string of the molecule is Nc1nc(S)c2ncn([C@H]3C[C@H](O)[C@@H](COCP(=O)(Oc4ccc(F)cc4)O[C@H]4CSSC[C@@H]4OCc4ccccc4)O3)c2n1. The van der Waals surface area contributed by atoms with Crippen molar-refractivity contribution in [2.24, 2.45) is 0 Å². The second-order valence-electron chi connectivity index (χ2n) is 10.4. The van der Waals surface area contributed by atoms with Crippen molar-refractivity contribution in [1.29, 1.82) is 0 Å². The molecule has 1 unspecified atom stereocenters. The van der Waals surface area contributed by atoms with Crippen molar-refractivity contribution in [3.05, 3.63) is 72.3 Å². The van der Waals surface area contributed by atoms with E-state index in [-0.39, 0.29) is 30.8 Å². The Morgan fingerprint density at radius 2 is 1.87 bits per heavy atom. The lowest BCUT2D eigenvalue weighted by atomic mass is 10.2. The highest BCUT2D eigenvalue weighted by Gasteiger charge is 2.40. The highest BCUT2D eigenvalue weighted by molar-refractivity contribution is 8.76. The van der Waals surface area contributed by atoms with Crippen LogP contribution in [0.3, 0.4) is 0 Å². The molecule has 0 radical (unpaired) electrons. The van der Waals surface area contributed by atoms with Crippen LogP contribution >= 0.6 is 41.8 Å². The van der Waals surface area contributed by atoms with Gasteiger partial charge in [0.2, 0.25) is 5.95 Å². The van der Waals surface area contributed by atoms with Crippen LogP contribution in [0.4, 0.5) is 10.3 Å². The van der Waals surface area contributed by atoms with Crippen LogP contribution in [0, 0.1) is 5.82 Å². The van der Waals surface area contributed by atoms with Gasteiger partial charge in [0.1, 0.15) is 40.5 Å². The Bertz CT molecular complexity index is 1640. The van der Waals surface area contributed by atoms with Crippen LogP contribution in [0.2, 0.25) is 0 Å². The molecule has 240 valence electrons. The van der Waals surface area contributed by atoms with E-state index in [9.17, 15) is 14.1 Å². The van der Waals surface area contributed by atoms with Gasteiger partial charge in [-0.1, -0.05) is 51.9 Å². The fraction of sp³-hybridized carbons (Fsp3) is 0.393. The van der Waals surface area contributed by atoms with E-state index in [1.165, 1.54) is 30.6 Å². The first kappa shape index (κ1) is 32.5. The largest absolute Gasteiger partial charge is 0.423 e. The number of aliphatic hydroxyl groups is 1. The second-order valence-corrected chi connectivity index (χ2v) is 15.2. The third-order valence-corrected chi connectivity index (χ3v) is 11.4. The minimum Gasteiger partial charge on any atom is -0.423 e. The Hall–Kier alpha value is -2.40. The number of rotatable bonds is 12. The molecule has 4 aromatic rings. The number of anilines is 1. The fourth-order valence-electron chi connectivity index (χ4n) is 4.86. The van der Waals surface area contributed by atoms with Crippen molar-refractivity contribution in [1.82, 2.24) is 19.5 Å². The Morgan fingerprint density at radius 1 is 1.11 bits per heavy atom. The third-order valence-electron chi connectivity index (χ3n) is 7.09. The maximum absolute atomic E-state index is 14.2. The van der Waals surface area contributed by atoms with Crippen molar-refractivity contribution in [2.75, 3.05) is 30.2 Å². The molecule has 2 aromatic heterocycles. The topological polar surface area (TPSA) is 153 Å². The van der Waals surface area contributed by atoms with Gasteiger partial charge < -0.3 is 29.6 Å². The van der Waals surface area contributed by atoms with Crippen LogP contribution in [-0.4, -0.2) is 73.5 Å².